The number of carbonyl (C=O) groups is 3. The Morgan fingerprint density at radius 1 is 1.00 bits per heavy atom. The van der Waals surface area contributed by atoms with E-state index in [1.165, 1.54) is 0 Å². The van der Waals surface area contributed by atoms with Crippen molar-refractivity contribution in [3.8, 4) is 5.75 Å². The molecule has 2 aromatic rings. The zero-order valence-corrected chi connectivity index (χ0v) is 16.7. The molecule has 0 atom stereocenters. The summed E-state index contributed by atoms with van der Waals surface area (Å²) in [5.41, 5.74) is 8.46. The number of nitrogens with one attached hydrogen (secondary N) is 2. The number of hydrogen-bond acceptors (Lipinski definition) is 4. The normalized spacial score (nSPS) is 13.3. The number of hydrogen-bond donors (Lipinski definition) is 2. The summed E-state index contributed by atoms with van der Waals surface area (Å²) in [6.45, 7) is 4.45. The minimum absolute atomic E-state index is 0.117. The van der Waals surface area contributed by atoms with Gasteiger partial charge in [-0.3, -0.25) is 25.2 Å². The van der Waals surface area contributed by atoms with Crippen molar-refractivity contribution in [2.45, 2.75) is 33.1 Å². The number of hydrazine groups is 1. The second kappa shape index (κ2) is 9.23. The van der Waals surface area contributed by atoms with Gasteiger partial charge in [-0.2, -0.15) is 0 Å². The van der Waals surface area contributed by atoms with E-state index in [-0.39, 0.29) is 24.8 Å². The Morgan fingerprint density at radius 2 is 1.66 bits per heavy atom. The van der Waals surface area contributed by atoms with Crippen molar-refractivity contribution in [2.75, 3.05) is 18.1 Å². The van der Waals surface area contributed by atoms with Crippen LogP contribution >= 0.6 is 0 Å². The first kappa shape index (κ1) is 20.4. The predicted molar refractivity (Wildman–Crippen MR) is 109 cm³/mol. The first-order chi connectivity index (χ1) is 13.9. The van der Waals surface area contributed by atoms with Gasteiger partial charge in [0.15, 0.2) is 6.61 Å². The van der Waals surface area contributed by atoms with Crippen molar-refractivity contribution in [3.63, 3.8) is 0 Å². The van der Waals surface area contributed by atoms with Crippen LogP contribution in [0.4, 0.5) is 5.69 Å². The molecular formula is C22H25N3O4. The maximum Gasteiger partial charge on any atom is 0.276 e. The molecule has 1 fully saturated rings. The van der Waals surface area contributed by atoms with E-state index in [0.717, 1.165) is 35.3 Å². The number of rotatable bonds is 6. The molecule has 0 aliphatic carbocycles. The lowest BCUT2D eigenvalue weighted by Gasteiger charge is -2.16. The summed E-state index contributed by atoms with van der Waals surface area (Å²) in [5.74, 6) is -0.0445. The van der Waals surface area contributed by atoms with Crippen LogP contribution in [0.2, 0.25) is 0 Å². The molecule has 0 bridgehead atoms. The Hall–Kier alpha value is -3.35. The molecule has 2 aromatic carbocycles. The highest BCUT2D eigenvalue weighted by molar-refractivity contribution is 5.95. The van der Waals surface area contributed by atoms with Crippen LogP contribution in [0.5, 0.6) is 5.75 Å². The van der Waals surface area contributed by atoms with Gasteiger partial charge in [-0.1, -0.05) is 18.2 Å². The van der Waals surface area contributed by atoms with Gasteiger partial charge in [0.05, 0.1) is 6.42 Å². The van der Waals surface area contributed by atoms with Crippen LogP contribution in [-0.4, -0.2) is 30.9 Å². The highest BCUT2D eigenvalue weighted by Gasteiger charge is 2.21. The van der Waals surface area contributed by atoms with Gasteiger partial charge in [0.25, 0.3) is 5.91 Å². The molecule has 152 valence electrons. The monoisotopic (exact) mass is 395 g/mol. The Bertz CT molecular complexity index is 889. The molecule has 3 amide bonds. The second-order valence-corrected chi connectivity index (χ2v) is 7.20. The molecule has 1 heterocycles. The molecule has 0 unspecified atom stereocenters. The molecule has 0 spiro atoms. The fourth-order valence-corrected chi connectivity index (χ4v) is 3.29. The van der Waals surface area contributed by atoms with E-state index >= 15 is 0 Å². The van der Waals surface area contributed by atoms with Crippen molar-refractivity contribution in [2.24, 2.45) is 0 Å². The van der Waals surface area contributed by atoms with E-state index in [4.69, 9.17) is 4.74 Å². The average Bonchev–Trinajstić information content (AvgIpc) is 3.10. The molecule has 7 nitrogen and oxygen atoms in total. The van der Waals surface area contributed by atoms with Crippen LogP contribution < -0.4 is 20.5 Å². The quantitative estimate of drug-likeness (QED) is 0.734. The summed E-state index contributed by atoms with van der Waals surface area (Å²) in [7, 11) is 0. The molecular weight excluding hydrogens is 370 g/mol. The molecule has 2 N–H and O–H groups in total. The molecule has 3 rings (SSSR count). The predicted octanol–water partition coefficient (Wildman–Crippen LogP) is 2.20. The van der Waals surface area contributed by atoms with E-state index < -0.39 is 5.91 Å². The maximum absolute atomic E-state index is 12.0. The first-order valence-electron chi connectivity index (χ1n) is 9.59. The Morgan fingerprint density at radius 3 is 2.28 bits per heavy atom. The maximum atomic E-state index is 12.0. The second-order valence-electron chi connectivity index (χ2n) is 7.20. The fourth-order valence-electron chi connectivity index (χ4n) is 3.29. The number of benzene rings is 2. The van der Waals surface area contributed by atoms with E-state index in [2.05, 4.69) is 10.9 Å². The largest absolute Gasteiger partial charge is 0.484 e. The van der Waals surface area contributed by atoms with E-state index in [1.54, 1.807) is 4.90 Å². The van der Waals surface area contributed by atoms with Crippen LogP contribution in [0.3, 0.4) is 0 Å². The Balaban J connectivity index is 1.42. The molecule has 0 radical (unpaired) electrons. The lowest BCUT2D eigenvalue weighted by Crippen LogP contribution is -2.44. The summed E-state index contributed by atoms with van der Waals surface area (Å²) in [4.78, 5) is 37.4. The number of anilines is 1. The van der Waals surface area contributed by atoms with Gasteiger partial charge in [-0.15, -0.1) is 0 Å². The number of aryl methyl sites for hydroxylation is 2. The van der Waals surface area contributed by atoms with E-state index in [1.807, 2.05) is 56.3 Å². The van der Waals surface area contributed by atoms with Gasteiger partial charge in [-0.05, 0) is 61.2 Å². The number of ether oxygens (including phenoxy) is 1. The van der Waals surface area contributed by atoms with Crippen LogP contribution in [0.15, 0.2) is 42.5 Å². The minimum Gasteiger partial charge on any atom is -0.484 e. The van der Waals surface area contributed by atoms with Gasteiger partial charge in [-0.25, -0.2) is 0 Å². The third kappa shape index (κ3) is 5.81. The Labute approximate surface area is 170 Å². The highest BCUT2D eigenvalue weighted by Crippen LogP contribution is 2.21. The summed E-state index contributed by atoms with van der Waals surface area (Å²) in [5, 5.41) is 0. The highest BCUT2D eigenvalue weighted by atomic mass is 16.5. The van der Waals surface area contributed by atoms with Gasteiger partial charge >= 0.3 is 0 Å². The van der Waals surface area contributed by atoms with Crippen molar-refractivity contribution >= 4 is 23.4 Å². The van der Waals surface area contributed by atoms with E-state index in [0.29, 0.717) is 12.2 Å². The molecule has 1 aliphatic heterocycles. The zero-order valence-electron chi connectivity index (χ0n) is 16.7. The van der Waals surface area contributed by atoms with Crippen LogP contribution in [-0.2, 0) is 20.8 Å². The molecule has 0 aromatic heterocycles. The van der Waals surface area contributed by atoms with Crippen molar-refractivity contribution in [1.29, 1.82) is 0 Å². The van der Waals surface area contributed by atoms with Crippen molar-refractivity contribution in [1.82, 2.24) is 10.9 Å². The molecule has 0 saturated carbocycles. The summed E-state index contributed by atoms with van der Waals surface area (Å²) in [6, 6.07) is 13.0. The molecule has 1 aliphatic rings. The Kier molecular flexibility index (Phi) is 6.49. The van der Waals surface area contributed by atoms with Crippen LogP contribution in [0.1, 0.15) is 29.5 Å². The van der Waals surface area contributed by atoms with Gasteiger partial charge < -0.3 is 9.64 Å². The summed E-state index contributed by atoms with van der Waals surface area (Å²) >= 11 is 0. The minimum atomic E-state index is -0.444. The lowest BCUT2D eigenvalue weighted by atomic mass is 10.1. The molecule has 7 heteroatoms. The SMILES string of the molecule is Cc1cc(C)cc(OCC(=O)NNC(=O)Cc2ccc(N3CCCC3=O)cc2)c1. The number of carbonyl (C=O) groups excluding carboxylic acids is 3. The first-order valence-corrected chi connectivity index (χ1v) is 9.59. The average molecular weight is 395 g/mol. The lowest BCUT2D eigenvalue weighted by molar-refractivity contribution is -0.129. The number of nitrogens with zero attached hydrogens (tertiary/aromatic N) is 1. The summed E-state index contributed by atoms with van der Waals surface area (Å²) in [6.07, 6.45) is 1.57. The fraction of sp³-hybridized carbons (Fsp3) is 0.318. The smallest absolute Gasteiger partial charge is 0.276 e. The van der Waals surface area contributed by atoms with Gasteiger partial charge in [0, 0.05) is 18.7 Å². The van der Waals surface area contributed by atoms with Crippen LogP contribution in [0, 0.1) is 13.8 Å². The standard InChI is InChI=1S/C22H25N3O4/c1-15-10-16(2)12-19(11-15)29-14-21(27)24-23-20(26)13-17-5-7-18(8-6-17)25-9-3-4-22(25)28/h5-8,10-12H,3-4,9,13-14H2,1-2H3,(H,23,26)(H,24,27). The van der Waals surface area contributed by atoms with E-state index in [9.17, 15) is 14.4 Å². The van der Waals surface area contributed by atoms with Crippen molar-refractivity contribution in [3.05, 3.63) is 59.2 Å². The third-order valence-corrected chi connectivity index (χ3v) is 4.59. The number of amides is 3. The summed E-state index contributed by atoms with van der Waals surface area (Å²) < 4.78 is 5.46. The zero-order chi connectivity index (χ0) is 20.8. The van der Waals surface area contributed by atoms with Gasteiger partial charge in [0.2, 0.25) is 11.8 Å². The third-order valence-electron chi connectivity index (χ3n) is 4.59. The topological polar surface area (TPSA) is 87.7 Å². The van der Waals surface area contributed by atoms with Gasteiger partial charge in [0.1, 0.15) is 5.75 Å². The van der Waals surface area contributed by atoms with Crippen LogP contribution in [0.25, 0.3) is 0 Å². The van der Waals surface area contributed by atoms with Crippen molar-refractivity contribution < 1.29 is 19.1 Å². The molecule has 1 saturated heterocycles. The molecule has 29 heavy (non-hydrogen) atoms.